The molecule has 0 spiro atoms. The van der Waals surface area contributed by atoms with E-state index in [0.717, 1.165) is 12.2 Å². The van der Waals surface area contributed by atoms with Crippen LogP contribution in [-0.4, -0.2) is 28.3 Å². The number of hydrogen-bond donors (Lipinski definition) is 1. The third-order valence-electron chi connectivity index (χ3n) is 3.95. The summed E-state index contributed by atoms with van der Waals surface area (Å²) in [6.07, 6.45) is 3.53. The molecular weight excluding hydrogens is 300 g/mol. The van der Waals surface area contributed by atoms with Crippen LogP contribution in [0.3, 0.4) is 0 Å². The quantitative estimate of drug-likeness (QED) is 0.898. The van der Waals surface area contributed by atoms with Gasteiger partial charge in [-0.2, -0.15) is 5.10 Å². The number of rotatable bonds is 5. The lowest BCUT2D eigenvalue weighted by atomic mass is 10.1. The molecule has 0 atom stereocenters. The van der Waals surface area contributed by atoms with Gasteiger partial charge in [-0.05, 0) is 65.8 Å². The molecule has 1 N–H and O–H groups in total. The Hall–Kier alpha value is -2.30. The Bertz CT molecular complexity index is 680. The molecule has 5 heteroatoms. The van der Waals surface area contributed by atoms with Gasteiger partial charge in [0, 0.05) is 30.0 Å². The van der Waals surface area contributed by atoms with Gasteiger partial charge < -0.3 is 10.2 Å². The Morgan fingerprint density at radius 2 is 1.88 bits per heavy atom. The standard InChI is InChI=1S/C19H28N4O/c1-7-22(14(2)3)17-10-8-15(9-11-17)18(24)21-16-12-20-23(13-16)19(4,5)6/h8-14H,7H2,1-6H3,(H,21,24). The average Bonchev–Trinajstić information content (AvgIpc) is 2.97. The van der Waals surface area contributed by atoms with Crippen molar-refractivity contribution in [1.82, 2.24) is 9.78 Å². The largest absolute Gasteiger partial charge is 0.369 e. The Kier molecular flexibility index (Phi) is 5.32. The van der Waals surface area contributed by atoms with E-state index in [4.69, 9.17) is 0 Å². The molecule has 0 radical (unpaired) electrons. The molecule has 2 aromatic rings. The van der Waals surface area contributed by atoms with Crippen molar-refractivity contribution >= 4 is 17.3 Å². The summed E-state index contributed by atoms with van der Waals surface area (Å²) in [5, 5.41) is 7.20. The van der Waals surface area contributed by atoms with Gasteiger partial charge in [0.1, 0.15) is 0 Å². The normalized spacial score (nSPS) is 11.6. The highest BCUT2D eigenvalue weighted by atomic mass is 16.1. The van der Waals surface area contributed by atoms with Crippen LogP contribution in [0.2, 0.25) is 0 Å². The second-order valence-electron chi connectivity index (χ2n) is 7.23. The second-order valence-corrected chi connectivity index (χ2v) is 7.23. The van der Waals surface area contributed by atoms with E-state index in [1.165, 1.54) is 0 Å². The average molecular weight is 328 g/mol. The van der Waals surface area contributed by atoms with Gasteiger partial charge in [0.25, 0.3) is 5.91 Å². The zero-order valence-corrected chi connectivity index (χ0v) is 15.5. The number of nitrogens with one attached hydrogen (secondary N) is 1. The number of anilines is 2. The fourth-order valence-corrected chi connectivity index (χ4v) is 2.61. The van der Waals surface area contributed by atoms with Gasteiger partial charge in [-0.3, -0.25) is 9.48 Å². The second kappa shape index (κ2) is 7.07. The van der Waals surface area contributed by atoms with Crippen molar-refractivity contribution in [2.24, 2.45) is 0 Å². The molecule has 1 aromatic heterocycles. The minimum Gasteiger partial charge on any atom is -0.369 e. The van der Waals surface area contributed by atoms with E-state index >= 15 is 0 Å². The van der Waals surface area contributed by atoms with Gasteiger partial charge in [0.05, 0.1) is 17.4 Å². The fraction of sp³-hybridized carbons (Fsp3) is 0.474. The van der Waals surface area contributed by atoms with Crippen LogP contribution in [0.5, 0.6) is 0 Å². The maximum Gasteiger partial charge on any atom is 0.255 e. The molecular formula is C19H28N4O. The lowest BCUT2D eigenvalue weighted by Crippen LogP contribution is -2.30. The van der Waals surface area contributed by atoms with Gasteiger partial charge in [0.15, 0.2) is 0 Å². The highest BCUT2D eigenvalue weighted by Gasteiger charge is 2.15. The molecule has 0 aliphatic carbocycles. The SMILES string of the molecule is CCN(c1ccc(C(=O)Nc2cnn(C(C)(C)C)c2)cc1)C(C)C. The number of benzene rings is 1. The van der Waals surface area contributed by atoms with E-state index in [9.17, 15) is 4.79 Å². The number of carbonyl (C=O) groups is 1. The smallest absolute Gasteiger partial charge is 0.255 e. The minimum absolute atomic E-state index is 0.106. The summed E-state index contributed by atoms with van der Waals surface area (Å²) < 4.78 is 1.84. The maximum atomic E-state index is 12.4. The highest BCUT2D eigenvalue weighted by Crippen LogP contribution is 2.19. The zero-order chi connectivity index (χ0) is 17.9. The topological polar surface area (TPSA) is 50.2 Å². The van der Waals surface area contributed by atoms with E-state index in [-0.39, 0.29) is 11.4 Å². The Morgan fingerprint density at radius 1 is 1.25 bits per heavy atom. The molecule has 0 bridgehead atoms. The van der Waals surface area contributed by atoms with Crippen LogP contribution in [0.1, 0.15) is 51.9 Å². The lowest BCUT2D eigenvalue weighted by Gasteiger charge is -2.27. The summed E-state index contributed by atoms with van der Waals surface area (Å²) in [4.78, 5) is 14.7. The monoisotopic (exact) mass is 328 g/mol. The van der Waals surface area contributed by atoms with Crippen molar-refractivity contribution in [1.29, 1.82) is 0 Å². The van der Waals surface area contributed by atoms with Crippen LogP contribution < -0.4 is 10.2 Å². The van der Waals surface area contributed by atoms with Crippen LogP contribution in [0.4, 0.5) is 11.4 Å². The van der Waals surface area contributed by atoms with Gasteiger partial charge in [-0.1, -0.05) is 0 Å². The molecule has 1 aromatic carbocycles. The van der Waals surface area contributed by atoms with Crippen molar-refractivity contribution in [3.8, 4) is 0 Å². The Morgan fingerprint density at radius 3 is 2.33 bits per heavy atom. The molecule has 5 nitrogen and oxygen atoms in total. The molecule has 2 rings (SSSR count). The minimum atomic E-state index is -0.123. The lowest BCUT2D eigenvalue weighted by molar-refractivity contribution is 0.102. The van der Waals surface area contributed by atoms with Crippen molar-refractivity contribution in [3.05, 3.63) is 42.2 Å². The number of aromatic nitrogens is 2. The van der Waals surface area contributed by atoms with Crippen LogP contribution in [-0.2, 0) is 5.54 Å². The maximum absolute atomic E-state index is 12.4. The fourth-order valence-electron chi connectivity index (χ4n) is 2.61. The van der Waals surface area contributed by atoms with Gasteiger partial charge in [-0.25, -0.2) is 0 Å². The van der Waals surface area contributed by atoms with Crippen molar-refractivity contribution in [3.63, 3.8) is 0 Å². The summed E-state index contributed by atoms with van der Waals surface area (Å²) >= 11 is 0. The van der Waals surface area contributed by atoms with Gasteiger partial charge in [0.2, 0.25) is 0 Å². The molecule has 0 fully saturated rings. The molecule has 1 heterocycles. The van der Waals surface area contributed by atoms with Crippen LogP contribution >= 0.6 is 0 Å². The Labute approximate surface area is 144 Å². The predicted octanol–water partition coefficient (Wildman–Crippen LogP) is 4.13. The molecule has 24 heavy (non-hydrogen) atoms. The molecule has 0 aliphatic heterocycles. The molecule has 0 aliphatic rings. The van der Waals surface area contributed by atoms with E-state index in [0.29, 0.717) is 17.3 Å². The molecule has 0 saturated carbocycles. The molecule has 1 amide bonds. The third kappa shape index (κ3) is 4.16. The first-order valence-electron chi connectivity index (χ1n) is 8.45. The summed E-state index contributed by atoms with van der Waals surface area (Å²) in [5.41, 5.74) is 2.37. The number of hydrogen-bond acceptors (Lipinski definition) is 3. The van der Waals surface area contributed by atoms with Gasteiger partial charge >= 0.3 is 0 Å². The molecule has 130 valence electrons. The van der Waals surface area contributed by atoms with Crippen molar-refractivity contribution in [2.45, 2.75) is 53.1 Å². The summed E-state index contributed by atoms with van der Waals surface area (Å²) in [6.45, 7) is 13.6. The molecule has 0 saturated heterocycles. The number of nitrogens with zero attached hydrogens (tertiary/aromatic N) is 3. The third-order valence-corrected chi connectivity index (χ3v) is 3.95. The number of amides is 1. The van der Waals surface area contributed by atoms with Crippen molar-refractivity contribution in [2.75, 3.05) is 16.8 Å². The van der Waals surface area contributed by atoms with E-state index in [1.807, 2.05) is 35.1 Å². The number of carbonyl (C=O) groups excluding carboxylic acids is 1. The van der Waals surface area contributed by atoms with Crippen LogP contribution in [0.25, 0.3) is 0 Å². The van der Waals surface area contributed by atoms with E-state index in [1.54, 1.807) is 6.20 Å². The van der Waals surface area contributed by atoms with Crippen LogP contribution in [0, 0.1) is 0 Å². The summed E-state index contributed by atoms with van der Waals surface area (Å²) in [7, 11) is 0. The van der Waals surface area contributed by atoms with Crippen molar-refractivity contribution < 1.29 is 4.79 Å². The Balaban J connectivity index is 2.09. The predicted molar refractivity (Wildman–Crippen MR) is 99.8 cm³/mol. The van der Waals surface area contributed by atoms with E-state index in [2.05, 4.69) is 56.9 Å². The first-order valence-corrected chi connectivity index (χ1v) is 8.45. The van der Waals surface area contributed by atoms with E-state index < -0.39 is 0 Å². The van der Waals surface area contributed by atoms with Crippen LogP contribution in [0.15, 0.2) is 36.7 Å². The highest BCUT2D eigenvalue weighted by molar-refractivity contribution is 6.04. The zero-order valence-electron chi connectivity index (χ0n) is 15.5. The molecule has 0 unspecified atom stereocenters. The summed E-state index contributed by atoms with van der Waals surface area (Å²) in [6, 6.07) is 8.15. The first-order chi connectivity index (χ1) is 11.2. The summed E-state index contributed by atoms with van der Waals surface area (Å²) in [5.74, 6) is -0.123. The first kappa shape index (κ1) is 18.0. The van der Waals surface area contributed by atoms with Gasteiger partial charge in [-0.15, -0.1) is 0 Å².